The first-order chi connectivity index (χ1) is 20.3. The first-order valence-electron chi connectivity index (χ1n) is 15.8. The molecule has 0 aromatic carbocycles. The standard InChI is InChI=1S/C34H66O8/c1-12-14-15-16-18-26(3)34(42-11)25-33(41-10)24-32(40-9)23-31(39-8)22-30(38-7)21-29(37-6)20-28(36-5)19-27(35-4)17-13-2/h13,18,27-34H,2,12,14-17,19-25H2,1,3-11H3/b26-18+/t27-,28-,29-,30?,31-,32-,33-,34-/m0/s1. The van der Waals surface area contributed by atoms with Crippen molar-refractivity contribution in [2.24, 2.45) is 0 Å². The predicted octanol–water partition coefficient (Wildman–Crippen LogP) is 6.94. The minimum Gasteiger partial charge on any atom is -0.381 e. The number of hydrogen-bond acceptors (Lipinski definition) is 8. The zero-order valence-electron chi connectivity index (χ0n) is 28.7. The Labute approximate surface area is 258 Å². The van der Waals surface area contributed by atoms with Crippen LogP contribution in [0.15, 0.2) is 24.3 Å². The largest absolute Gasteiger partial charge is 0.381 e. The van der Waals surface area contributed by atoms with Crippen LogP contribution in [0.4, 0.5) is 0 Å². The van der Waals surface area contributed by atoms with E-state index in [9.17, 15) is 0 Å². The van der Waals surface area contributed by atoms with Crippen LogP contribution in [0.25, 0.3) is 0 Å². The Balaban J connectivity index is 5.16. The van der Waals surface area contributed by atoms with Gasteiger partial charge in [0.1, 0.15) is 0 Å². The number of allylic oxidation sites excluding steroid dienone is 1. The van der Waals surface area contributed by atoms with Crippen molar-refractivity contribution < 1.29 is 37.9 Å². The van der Waals surface area contributed by atoms with Crippen LogP contribution < -0.4 is 0 Å². The smallest absolute Gasteiger partial charge is 0.0803 e. The van der Waals surface area contributed by atoms with Crippen LogP contribution in [0.1, 0.15) is 90.9 Å². The van der Waals surface area contributed by atoms with Crippen molar-refractivity contribution in [3.05, 3.63) is 24.3 Å². The van der Waals surface area contributed by atoms with E-state index in [0.29, 0.717) is 0 Å². The van der Waals surface area contributed by atoms with Crippen LogP contribution in [0.3, 0.4) is 0 Å². The highest BCUT2D eigenvalue weighted by molar-refractivity contribution is 5.05. The molecule has 0 spiro atoms. The summed E-state index contributed by atoms with van der Waals surface area (Å²) in [6, 6.07) is 0. The van der Waals surface area contributed by atoms with E-state index in [-0.39, 0.29) is 48.8 Å². The number of rotatable bonds is 29. The molecule has 0 rings (SSSR count). The van der Waals surface area contributed by atoms with Gasteiger partial charge in [-0.25, -0.2) is 0 Å². The van der Waals surface area contributed by atoms with Gasteiger partial charge in [0.25, 0.3) is 0 Å². The van der Waals surface area contributed by atoms with Crippen molar-refractivity contribution in [1.29, 1.82) is 0 Å². The molecule has 0 aromatic rings. The highest BCUT2D eigenvalue weighted by Gasteiger charge is 2.28. The van der Waals surface area contributed by atoms with E-state index in [1.165, 1.54) is 24.8 Å². The van der Waals surface area contributed by atoms with E-state index >= 15 is 0 Å². The summed E-state index contributed by atoms with van der Waals surface area (Å²) in [7, 11) is 14.0. The Morgan fingerprint density at radius 3 is 1.19 bits per heavy atom. The van der Waals surface area contributed by atoms with Crippen LogP contribution in [-0.2, 0) is 37.9 Å². The molecule has 0 bridgehead atoms. The van der Waals surface area contributed by atoms with Gasteiger partial charge in [-0.15, -0.1) is 6.58 Å². The second-order valence-electron chi connectivity index (χ2n) is 11.3. The lowest BCUT2D eigenvalue weighted by Gasteiger charge is -2.30. The molecule has 0 aliphatic heterocycles. The molecular weight excluding hydrogens is 536 g/mol. The average molecular weight is 603 g/mol. The van der Waals surface area contributed by atoms with Gasteiger partial charge in [-0.3, -0.25) is 0 Å². The molecule has 0 aromatic heterocycles. The van der Waals surface area contributed by atoms with Gasteiger partial charge in [-0.1, -0.05) is 31.9 Å². The third-order valence-electron chi connectivity index (χ3n) is 8.46. The molecule has 0 heterocycles. The van der Waals surface area contributed by atoms with Crippen molar-refractivity contribution in [2.75, 3.05) is 56.9 Å². The molecule has 0 radical (unpaired) electrons. The first kappa shape index (κ1) is 41.2. The minimum absolute atomic E-state index is 0.00971. The van der Waals surface area contributed by atoms with E-state index in [1.54, 1.807) is 56.9 Å². The van der Waals surface area contributed by atoms with Crippen molar-refractivity contribution in [2.45, 2.75) is 140 Å². The Morgan fingerprint density at radius 1 is 0.524 bits per heavy atom. The van der Waals surface area contributed by atoms with Gasteiger partial charge >= 0.3 is 0 Å². The van der Waals surface area contributed by atoms with Crippen molar-refractivity contribution in [3.63, 3.8) is 0 Å². The summed E-state index contributed by atoms with van der Waals surface area (Å²) in [5.41, 5.74) is 1.27. The lowest BCUT2D eigenvalue weighted by molar-refractivity contribution is -0.0552. The van der Waals surface area contributed by atoms with Gasteiger partial charge in [0.05, 0.1) is 48.8 Å². The van der Waals surface area contributed by atoms with Crippen LogP contribution in [-0.4, -0.2) is 106 Å². The molecule has 0 N–H and O–H groups in total. The molecule has 0 amide bonds. The third-order valence-corrected chi connectivity index (χ3v) is 8.46. The zero-order valence-corrected chi connectivity index (χ0v) is 28.7. The van der Waals surface area contributed by atoms with Gasteiger partial charge in [0.2, 0.25) is 0 Å². The van der Waals surface area contributed by atoms with Gasteiger partial charge in [0, 0.05) is 69.7 Å². The van der Waals surface area contributed by atoms with Gasteiger partial charge in [-0.05, 0) is 63.9 Å². The molecule has 42 heavy (non-hydrogen) atoms. The van der Waals surface area contributed by atoms with Gasteiger partial charge < -0.3 is 37.9 Å². The Kier molecular flexibility index (Phi) is 26.0. The molecule has 0 saturated heterocycles. The topological polar surface area (TPSA) is 73.8 Å². The molecular formula is C34H66O8. The fraction of sp³-hybridized carbons (Fsp3) is 0.882. The minimum atomic E-state index is -0.0305. The normalized spacial score (nSPS) is 18.2. The highest BCUT2D eigenvalue weighted by Crippen LogP contribution is 2.25. The molecule has 0 fully saturated rings. The Bertz CT molecular complexity index is 657. The fourth-order valence-electron chi connectivity index (χ4n) is 5.53. The monoisotopic (exact) mass is 602 g/mol. The van der Waals surface area contributed by atoms with E-state index in [4.69, 9.17) is 37.9 Å². The van der Waals surface area contributed by atoms with E-state index < -0.39 is 0 Å². The average Bonchev–Trinajstić information content (AvgIpc) is 3.01. The lowest BCUT2D eigenvalue weighted by Crippen LogP contribution is -2.33. The van der Waals surface area contributed by atoms with Crippen LogP contribution >= 0.6 is 0 Å². The molecule has 0 aliphatic carbocycles. The zero-order chi connectivity index (χ0) is 31.8. The predicted molar refractivity (Wildman–Crippen MR) is 171 cm³/mol. The summed E-state index contributed by atoms with van der Waals surface area (Å²) in [6.45, 7) is 8.22. The van der Waals surface area contributed by atoms with E-state index in [2.05, 4.69) is 26.5 Å². The van der Waals surface area contributed by atoms with E-state index in [1.807, 2.05) is 6.08 Å². The quantitative estimate of drug-likeness (QED) is 0.0674. The highest BCUT2D eigenvalue weighted by atomic mass is 16.5. The fourth-order valence-corrected chi connectivity index (χ4v) is 5.53. The number of methoxy groups -OCH3 is 8. The number of unbranched alkanes of at least 4 members (excludes halogenated alkanes) is 3. The van der Waals surface area contributed by atoms with Crippen LogP contribution in [0, 0.1) is 0 Å². The first-order valence-corrected chi connectivity index (χ1v) is 15.8. The van der Waals surface area contributed by atoms with Crippen LogP contribution in [0.2, 0.25) is 0 Å². The van der Waals surface area contributed by atoms with E-state index in [0.717, 1.165) is 57.8 Å². The van der Waals surface area contributed by atoms with Crippen molar-refractivity contribution in [3.8, 4) is 0 Å². The molecule has 0 aliphatic rings. The van der Waals surface area contributed by atoms with Crippen molar-refractivity contribution in [1.82, 2.24) is 0 Å². The lowest BCUT2D eigenvalue weighted by atomic mass is 9.94. The SMILES string of the molecule is C=CC[C@@H](C[C@@H](C[C@@H](CC(C[C@@H](C[C@@H](C[C@@H](C[C@H](OC)/C(C)=C/CCCCC)OC)OC)OC)OC)OC)OC)OC. The summed E-state index contributed by atoms with van der Waals surface area (Å²) in [5, 5.41) is 0. The number of hydrogen-bond donors (Lipinski definition) is 0. The maximum Gasteiger partial charge on any atom is 0.0803 e. The summed E-state index contributed by atoms with van der Waals surface area (Å²) >= 11 is 0. The molecule has 8 atom stereocenters. The summed E-state index contributed by atoms with van der Waals surface area (Å²) in [4.78, 5) is 0. The second kappa shape index (κ2) is 26.6. The molecule has 8 heteroatoms. The Morgan fingerprint density at radius 2 is 0.881 bits per heavy atom. The second-order valence-corrected chi connectivity index (χ2v) is 11.3. The third kappa shape index (κ3) is 18.1. The van der Waals surface area contributed by atoms with Gasteiger partial charge in [0.15, 0.2) is 0 Å². The number of ether oxygens (including phenoxy) is 8. The molecule has 1 unspecified atom stereocenters. The maximum atomic E-state index is 5.92. The molecule has 8 nitrogen and oxygen atoms in total. The summed E-state index contributed by atoms with van der Waals surface area (Å²) in [6.07, 6.45) is 15.1. The maximum absolute atomic E-state index is 5.92. The van der Waals surface area contributed by atoms with Crippen molar-refractivity contribution >= 4 is 0 Å². The molecule has 0 saturated carbocycles. The molecule has 250 valence electrons. The summed E-state index contributed by atoms with van der Waals surface area (Å²) < 4.78 is 46.7. The summed E-state index contributed by atoms with van der Waals surface area (Å²) in [5.74, 6) is 0. The van der Waals surface area contributed by atoms with Crippen LogP contribution in [0.5, 0.6) is 0 Å². The van der Waals surface area contributed by atoms with Gasteiger partial charge in [-0.2, -0.15) is 0 Å². The Hall–Kier alpha value is -0.840.